The van der Waals surface area contributed by atoms with Crippen LogP contribution in [0.15, 0.2) is 55.0 Å². The summed E-state index contributed by atoms with van der Waals surface area (Å²) in [5.74, 6) is 1.75. The quantitative estimate of drug-likeness (QED) is 0.533. The highest BCUT2D eigenvalue weighted by Gasteiger charge is 2.31. The van der Waals surface area contributed by atoms with Crippen molar-refractivity contribution in [1.29, 1.82) is 0 Å². The number of likely N-dealkylation sites (tertiary alicyclic amines) is 1. The van der Waals surface area contributed by atoms with Crippen molar-refractivity contribution in [2.45, 2.75) is 31.5 Å². The average Bonchev–Trinajstić information content (AvgIpc) is 2.84. The fourth-order valence-electron chi connectivity index (χ4n) is 4.56. The third kappa shape index (κ3) is 4.80. The van der Waals surface area contributed by atoms with Crippen LogP contribution in [0.2, 0.25) is 0 Å². The summed E-state index contributed by atoms with van der Waals surface area (Å²) in [6.45, 7) is 3.71. The van der Waals surface area contributed by atoms with Crippen LogP contribution in [-0.4, -0.2) is 41.2 Å². The van der Waals surface area contributed by atoms with Gasteiger partial charge in [0.2, 0.25) is 0 Å². The molecule has 0 N–H and O–H groups in total. The molecule has 0 spiro atoms. The fourth-order valence-corrected chi connectivity index (χ4v) is 4.56. The van der Waals surface area contributed by atoms with Gasteiger partial charge in [-0.3, -0.25) is 4.90 Å². The van der Waals surface area contributed by atoms with Gasteiger partial charge in [0.1, 0.15) is 19.5 Å². The summed E-state index contributed by atoms with van der Waals surface area (Å²) in [5, 5.41) is 0. The van der Waals surface area contributed by atoms with Crippen molar-refractivity contribution in [3.63, 3.8) is 0 Å². The van der Waals surface area contributed by atoms with Gasteiger partial charge in [-0.1, -0.05) is 18.2 Å². The summed E-state index contributed by atoms with van der Waals surface area (Å²) in [4.78, 5) is 11.0. The van der Waals surface area contributed by atoms with Crippen LogP contribution in [0.5, 0.6) is 11.5 Å². The molecule has 0 atom stereocenters. The van der Waals surface area contributed by atoms with E-state index in [2.05, 4.69) is 20.9 Å². The van der Waals surface area contributed by atoms with E-state index in [9.17, 15) is 13.2 Å². The first-order valence-electron chi connectivity index (χ1n) is 11.1. The van der Waals surface area contributed by atoms with E-state index in [0.717, 1.165) is 55.7 Å². The molecule has 2 aliphatic heterocycles. The topological polar surface area (TPSA) is 47.5 Å². The molecule has 0 unspecified atom stereocenters. The average molecular weight is 455 g/mol. The Bertz CT molecular complexity index is 1130. The lowest BCUT2D eigenvalue weighted by molar-refractivity contribution is -0.137. The Labute approximate surface area is 190 Å². The Morgan fingerprint density at radius 1 is 0.970 bits per heavy atom. The maximum Gasteiger partial charge on any atom is 0.416 e. The SMILES string of the molecule is FC(F)(F)c1cccc(-c2cncnc2C2CCN(Cc3ccc4c(c3)OCCO4)CC2)c1. The number of hydrogen-bond acceptors (Lipinski definition) is 5. The van der Waals surface area contributed by atoms with Crippen LogP contribution in [0.3, 0.4) is 0 Å². The molecule has 5 nitrogen and oxygen atoms in total. The molecule has 33 heavy (non-hydrogen) atoms. The molecule has 0 bridgehead atoms. The van der Waals surface area contributed by atoms with Crippen molar-refractivity contribution in [3.8, 4) is 22.6 Å². The van der Waals surface area contributed by atoms with E-state index in [1.165, 1.54) is 24.0 Å². The first-order valence-corrected chi connectivity index (χ1v) is 11.1. The van der Waals surface area contributed by atoms with Gasteiger partial charge in [-0.15, -0.1) is 0 Å². The summed E-state index contributed by atoms with van der Waals surface area (Å²) in [7, 11) is 0. The van der Waals surface area contributed by atoms with Gasteiger partial charge in [0.25, 0.3) is 0 Å². The fraction of sp³-hybridized carbons (Fsp3) is 0.360. The molecule has 3 aromatic rings. The van der Waals surface area contributed by atoms with Gasteiger partial charge in [-0.25, -0.2) is 9.97 Å². The predicted octanol–water partition coefficient (Wildman–Crippen LogP) is 5.31. The molecule has 1 saturated heterocycles. The van der Waals surface area contributed by atoms with Gasteiger partial charge in [-0.2, -0.15) is 13.2 Å². The Kier molecular flexibility index (Phi) is 5.93. The highest BCUT2D eigenvalue weighted by atomic mass is 19.4. The lowest BCUT2D eigenvalue weighted by Crippen LogP contribution is -2.33. The monoisotopic (exact) mass is 455 g/mol. The molecule has 1 aromatic heterocycles. The van der Waals surface area contributed by atoms with E-state index in [0.29, 0.717) is 24.3 Å². The highest BCUT2D eigenvalue weighted by molar-refractivity contribution is 5.66. The minimum Gasteiger partial charge on any atom is -0.486 e. The lowest BCUT2D eigenvalue weighted by Gasteiger charge is -2.32. The third-order valence-electron chi connectivity index (χ3n) is 6.23. The predicted molar refractivity (Wildman–Crippen MR) is 117 cm³/mol. The number of piperidine rings is 1. The molecule has 0 amide bonds. The molecule has 0 radical (unpaired) electrons. The van der Waals surface area contributed by atoms with Crippen molar-refractivity contribution < 1.29 is 22.6 Å². The first kappa shape index (κ1) is 21.7. The molecule has 5 rings (SSSR count). The number of ether oxygens (including phenoxy) is 2. The van der Waals surface area contributed by atoms with Gasteiger partial charge in [0, 0.05) is 24.2 Å². The molecule has 3 heterocycles. The van der Waals surface area contributed by atoms with Gasteiger partial charge in [-0.05, 0) is 61.3 Å². The van der Waals surface area contributed by atoms with Crippen LogP contribution in [0.25, 0.3) is 11.1 Å². The van der Waals surface area contributed by atoms with Gasteiger partial charge in [0.15, 0.2) is 11.5 Å². The molecule has 0 saturated carbocycles. The number of hydrogen-bond donors (Lipinski definition) is 0. The molecule has 0 aliphatic carbocycles. The number of rotatable bonds is 4. The van der Waals surface area contributed by atoms with Crippen LogP contribution < -0.4 is 9.47 Å². The number of benzene rings is 2. The minimum absolute atomic E-state index is 0.175. The summed E-state index contributed by atoms with van der Waals surface area (Å²) in [5.41, 5.74) is 2.50. The number of nitrogens with zero attached hydrogens (tertiary/aromatic N) is 3. The van der Waals surface area contributed by atoms with Crippen LogP contribution in [-0.2, 0) is 12.7 Å². The standard InChI is InChI=1S/C25H24F3N3O2/c26-25(27,28)20-3-1-2-19(13-20)21-14-29-16-30-24(21)18-6-8-31(9-7-18)15-17-4-5-22-23(12-17)33-11-10-32-22/h1-5,12-14,16,18H,6-11,15H2. The molecule has 1 fully saturated rings. The van der Waals surface area contributed by atoms with Gasteiger partial charge >= 0.3 is 6.18 Å². The van der Waals surface area contributed by atoms with Crippen LogP contribution in [0, 0.1) is 0 Å². The van der Waals surface area contributed by atoms with E-state index >= 15 is 0 Å². The molecule has 172 valence electrons. The van der Waals surface area contributed by atoms with E-state index < -0.39 is 11.7 Å². The summed E-state index contributed by atoms with van der Waals surface area (Å²) in [6.07, 6.45) is 0.486. The Morgan fingerprint density at radius 2 is 1.76 bits per heavy atom. The van der Waals surface area contributed by atoms with Crippen molar-refractivity contribution in [2.75, 3.05) is 26.3 Å². The number of fused-ring (bicyclic) bond motifs is 1. The Morgan fingerprint density at radius 3 is 2.55 bits per heavy atom. The zero-order chi connectivity index (χ0) is 22.8. The Balaban J connectivity index is 1.28. The van der Waals surface area contributed by atoms with Crippen LogP contribution in [0.4, 0.5) is 13.2 Å². The largest absolute Gasteiger partial charge is 0.486 e. The number of halogens is 3. The second-order valence-electron chi connectivity index (χ2n) is 8.43. The van der Waals surface area contributed by atoms with Gasteiger partial charge < -0.3 is 9.47 Å². The summed E-state index contributed by atoms with van der Waals surface area (Å²) in [6, 6.07) is 11.5. The van der Waals surface area contributed by atoms with Crippen LogP contribution >= 0.6 is 0 Å². The first-order chi connectivity index (χ1) is 16.0. The normalized spacial score (nSPS) is 17.2. The van der Waals surface area contributed by atoms with Crippen molar-refractivity contribution >= 4 is 0 Å². The maximum absolute atomic E-state index is 13.2. The molecule has 2 aromatic carbocycles. The van der Waals surface area contributed by atoms with Crippen molar-refractivity contribution in [2.24, 2.45) is 0 Å². The smallest absolute Gasteiger partial charge is 0.416 e. The molecule has 8 heteroatoms. The van der Waals surface area contributed by atoms with Crippen LogP contribution in [0.1, 0.15) is 35.6 Å². The Hall–Kier alpha value is -3.13. The highest BCUT2D eigenvalue weighted by Crippen LogP contribution is 2.37. The maximum atomic E-state index is 13.2. The minimum atomic E-state index is -4.38. The second kappa shape index (κ2) is 9.02. The van der Waals surface area contributed by atoms with E-state index in [-0.39, 0.29) is 5.92 Å². The summed E-state index contributed by atoms with van der Waals surface area (Å²) < 4.78 is 50.9. The lowest BCUT2D eigenvalue weighted by atomic mass is 9.88. The zero-order valence-corrected chi connectivity index (χ0v) is 18.0. The molecule has 2 aliphatic rings. The number of alkyl halides is 3. The van der Waals surface area contributed by atoms with Crippen molar-refractivity contribution in [1.82, 2.24) is 14.9 Å². The van der Waals surface area contributed by atoms with E-state index in [4.69, 9.17) is 9.47 Å². The van der Waals surface area contributed by atoms with E-state index in [1.54, 1.807) is 12.3 Å². The zero-order valence-electron chi connectivity index (χ0n) is 18.0. The second-order valence-corrected chi connectivity index (χ2v) is 8.43. The van der Waals surface area contributed by atoms with Gasteiger partial charge in [0.05, 0.1) is 11.3 Å². The summed E-state index contributed by atoms with van der Waals surface area (Å²) >= 11 is 0. The molecular formula is C25H24F3N3O2. The van der Waals surface area contributed by atoms with Crippen molar-refractivity contribution in [3.05, 3.63) is 71.8 Å². The molecular weight excluding hydrogens is 431 g/mol. The number of aromatic nitrogens is 2. The third-order valence-corrected chi connectivity index (χ3v) is 6.23. The van der Waals surface area contributed by atoms with E-state index in [1.807, 2.05) is 12.1 Å².